The predicted molar refractivity (Wildman–Crippen MR) is 59.4 cm³/mol. The van der Waals surface area contributed by atoms with E-state index in [0.29, 0.717) is 18.9 Å². The molecule has 4 heteroatoms. The molecule has 1 rings (SSSR count). The van der Waals surface area contributed by atoms with Gasteiger partial charge in [-0.25, -0.2) is 8.78 Å². The van der Waals surface area contributed by atoms with Crippen LogP contribution in [0.5, 0.6) is 0 Å². The van der Waals surface area contributed by atoms with Crippen molar-refractivity contribution < 1.29 is 13.6 Å². The number of hydrogen-bond donors (Lipinski definition) is 0. The third-order valence-corrected chi connectivity index (χ3v) is 2.56. The first-order valence-corrected chi connectivity index (χ1v) is 5.40. The number of rotatable bonds is 4. The molecule has 0 radical (unpaired) electrons. The third kappa shape index (κ3) is 2.88. The number of nitrogens with zero attached hydrogens (tertiary/aromatic N) is 1. The number of aryl methyl sites for hydroxylation is 1. The van der Waals surface area contributed by atoms with E-state index in [1.165, 1.54) is 6.92 Å². The van der Waals surface area contributed by atoms with Crippen LogP contribution in [-0.2, 0) is 0 Å². The summed E-state index contributed by atoms with van der Waals surface area (Å²) in [5.74, 6) is -3.04. The molecular weight excluding hydrogens is 224 g/mol. The lowest BCUT2D eigenvalue weighted by atomic mass is 9.93. The quantitative estimate of drug-likeness (QED) is 0.753. The van der Waals surface area contributed by atoms with E-state index >= 15 is 0 Å². The van der Waals surface area contributed by atoms with Gasteiger partial charge in [-0.3, -0.25) is 4.79 Å². The number of ketones is 1. The Morgan fingerprint density at radius 2 is 2.06 bits per heavy atom. The maximum atomic E-state index is 13.4. The van der Waals surface area contributed by atoms with E-state index in [2.05, 4.69) is 0 Å². The molecule has 2 nitrogen and oxygen atoms in total. The van der Waals surface area contributed by atoms with Gasteiger partial charge in [0.15, 0.2) is 5.78 Å². The number of Topliss-reactive ketones (excluding diaryl/α,β-unsaturated/α-hetero) is 1. The van der Waals surface area contributed by atoms with Crippen molar-refractivity contribution in [3.05, 3.63) is 34.9 Å². The molecule has 1 atom stereocenters. The minimum absolute atomic E-state index is 0.197. The largest absolute Gasteiger partial charge is 0.293 e. The molecule has 0 fully saturated rings. The monoisotopic (exact) mass is 237 g/mol. The van der Waals surface area contributed by atoms with Crippen molar-refractivity contribution in [2.75, 3.05) is 0 Å². The normalized spacial score (nSPS) is 11.9. The van der Waals surface area contributed by atoms with Gasteiger partial charge in [0.2, 0.25) is 0 Å². The van der Waals surface area contributed by atoms with Crippen LogP contribution in [0.25, 0.3) is 0 Å². The van der Waals surface area contributed by atoms with Gasteiger partial charge in [0.1, 0.15) is 17.6 Å². The summed E-state index contributed by atoms with van der Waals surface area (Å²) in [6.45, 7) is 3.29. The second-order valence-electron chi connectivity index (χ2n) is 3.92. The van der Waals surface area contributed by atoms with E-state index in [1.807, 2.05) is 13.0 Å². The predicted octanol–water partition coefficient (Wildman–Crippen LogP) is 3.40. The fourth-order valence-corrected chi connectivity index (χ4v) is 1.58. The minimum atomic E-state index is -0.908. The van der Waals surface area contributed by atoms with Crippen LogP contribution in [0.15, 0.2) is 12.1 Å². The van der Waals surface area contributed by atoms with Gasteiger partial charge in [0, 0.05) is 6.07 Å². The molecule has 0 aliphatic carbocycles. The number of halogens is 2. The van der Waals surface area contributed by atoms with Gasteiger partial charge in [0.25, 0.3) is 0 Å². The number of hydrogen-bond acceptors (Lipinski definition) is 2. The lowest BCUT2D eigenvalue weighted by Gasteiger charge is -2.08. The molecule has 0 saturated carbocycles. The molecule has 0 bridgehead atoms. The van der Waals surface area contributed by atoms with Crippen molar-refractivity contribution >= 4 is 5.78 Å². The third-order valence-electron chi connectivity index (χ3n) is 2.56. The zero-order valence-electron chi connectivity index (χ0n) is 9.76. The topological polar surface area (TPSA) is 40.9 Å². The van der Waals surface area contributed by atoms with Crippen molar-refractivity contribution in [2.45, 2.75) is 26.7 Å². The Kier molecular flexibility index (Phi) is 4.33. The number of carbonyl (C=O) groups is 1. The summed E-state index contributed by atoms with van der Waals surface area (Å²) in [7, 11) is 0. The fourth-order valence-electron chi connectivity index (χ4n) is 1.58. The SMILES string of the molecule is CCCC(C#N)C(=O)c1cc(C)c(F)cc1F. The Morgan fingerprint density at radius 3 is 2.59 bits per heavy atom. The lowest BCUT2D eigenvalue weighted by Crippen LogP contribution is -2.15. The van der Waals surface area contributed by atoms with Gasteiger partial charge in [-0.2, -0.15) is 5.26 Å². The molecule has 1 aromatic rings. The highest BCUT2D eigenvalue weighted by Gasteiger charge is 2.22. The summed E-state index contributed by atoms with van der Waals surface area (Å²) in [5, 5.41) is 8.84. The maximum Gasteiger partial charge on any atom is 0.182 e. The standard InChI is InChI=1S/C13H13F2NO/c1-3-4-9(7-16)13(17)10-5-8(2)11(14)6-12(10)15/h5-6,9H,3-4H2,1-2H3. The van der Waals surface area contributed by atoms with E-state index in [-0.39, 0.29) is 11.1 Å². The smallest absolute Gasteiger partial charge is 0.182 e. The second kappa shape index (κ2) is 5.53. The van der Waals surface area contributed by atoms with Crippen LogP contribution in [0.1, 0.15) is 35.7 Å². The van der Waals surface area contributed by atoms with Gasteiger partial charge in [-0.05, 0) is 25.0 Å². The Bertz CT molecular complexity index is 477. The Balaban J connectivity index is 3.12. The van der Waals surface area contributed by atoms with Gasteiger partial charge in [-0.15, -0.1) is 0 Å². The van der Waals surface area contributed by atoms with Crippen molar-refractivity contribution in [1.29, 1.82) is 5.26 Å². The Hall–Kier alpha value is -1.76. The molecule has 0 aliphatic heterocycles. The summed E-state index contributed by atoms with van der Waals surface area (Å²) < 4.78 is 26.5. The zero-order valence-corrected chi connectivity index (χ0v) is 9.76. The highest BCUT2D eigenvalue weighted by Crippen LogP contribution is 2.19. The van der Waals surface area contributed by atoms with E-state index in [0.717, 1.165) is 6.07 Å². The fraction of sp³-hybridized carbons (Fsp3) is 0.385. The van der Waals surface area contributed by atoms with Crippen molar-refractivity contribution in [2.24, 2.45) is 5.92 Å². The highest BCUT2D eigenvalue weighted by molar-refractivity contribution is 5.99. The van der Waals surface area contributed by atoms with E-state index in [4.69, 9.17) is 5.26 Å². The highest BCUT2D eigenvalue weighted by atomic mass is 19.1. The van der Waals surface area contributed by atoms with Crippen molar-refractivity contribution in [3.63, 3.8) is 0 Å². The molecule has 0 saturated heterocycles. The number of carbonyl (C=O) groups excluding carboxylic acids is 1. The summed E-state index contributed by atoms with van der Waals surface area (Å²) in [6.07, 6.45) is 1.04. The average Bonchev–Trinajstić information content (AvgIpc) is 2.30. The van der Waals surface area contributed by atoms with Crippen LogP contribution in [0.3, 0.4) is 0 Å². The molecule has 0 aliphatic rings. The summed E-state index contributed by atoms with van der Waals surface area (Å²) >= 11 is 0. The van der Waals surface area contributed by atoms with Crippen LogP contribution < -0.4 is 0 Å². The van der Waals surface area contributed by atoms with Gasteiger partial charge < -0.3 is 0 Å². The molecule has 0 amide bonds. The van der Waals surface area contributed by atoms with Crippen molar-refractivity contribution in [3.8, 4) is 6.07 Å². The van der Waals surface area contributed by atoms with Crippen LogP contribution in [0, 0.1) is 35.8 Å². The van der Waals surface area contributed by atoms with Gasteiger partial charge >= 0.3 is 0 Å². The number of nitriles is 1. The average molecular weight is 237 g/mol. The second-order valence-corrected chi connectivity index (χ2v) is 3.92. The maximum absolute atomic E-state index is 13.4. The Morgan fingerprint density at radius 1 is 1.41 bits per heavy atom. The van der Waals surface area contributed by atoms with E-state index in [9.17, 15) is 13.6 Å². The van der Waals surface area contributed by atoms with Crippen LogP contribution in [-0.4, -0.2) is 5.78 Å². The van der Waals surface area contributed by atoms with Gasteiger partial charge in [-0.1, -0.05) is 13.3 Å². The first-order chi connectivity index (χ1) is 8.01. The van der Waals surface area contributed by atoms with E-state index in [1.54, 1.807) is 0 Å². The van der Waals surface area contributed by atoms with Crippen LogP contribution >= 0.6 is 0 Å². The lowest BCUT2D eigenvalue weighted by molar-refractivity contribution is 0.0939. The first-order valence-electron chi connectivity index (χ1n) is 5.40. The number of benzene rings is 1. The first kappa shape index (κ1) is 13.3. The molecule has 1 aromatic carbocycles. The summed E-state index contributed by atoms with van der Waals surface area (Å²) in [5.41, 5.74) is -0.00756. The molecule has 0 N–H and O–H groups in total. The van der Waals surface area contributed by atoms with Crippen LogP contribution in [0.4, 0.5) is 8.78 Å². The van der Waals surface area contributed by atoms with Gasteiger partial charge in [0.05, 0.1) is 11.6 Å². The molecule has 0 aromatic heterocycles. The molecular formula is C13H13F2NO. The summed E-state index contributed by atoms with van der Waals surface area (Å²) in [4.78, 5) is 11.9. The molecule has 0 heterocycles. The molecule has 17 heavy (non-hydrogen) atoms. The zero-order chi connectivity index (χ0) is 13.0. The van der Waals surface area contributed by atoms with E-state index < -0.39 is 23.3 Å². The van der Waals surface area contributed by atoms with Crippen LogP contribution in [0.2, 0.25) is 0 Å². The summed E-state index contributed by atoms with van der Waals surface area (Å²) in [6, 6.07) is 3.70. The Labute approximate surface area is 98.9 Å². The molecule has 0 spiro atoms. The van der Waals surface area contributed by atoms with Crippen molar-refractivity contribution in [1.82, 2.24) is 0 Å². The molecule has 1 unspecified atom stereocenters. The molecule has 90 valence electrons. The minimum Gasteiger partial charge on any atom is -0.293 e.